The van der Waals surface area contributed by atoms with Crippen molar-refractivity contribution in [3.8, 4) is 0 Å². The smallest absolute Gasteiger partial charge is 0.233 e. The lowest BCUT2D eigenvalue weighted by molar-refractivity contribution is -0.120. The summed E-state index contributed by atoms with van der Waals surface area (Å²) in [5.41, 5.74) is 1.14. The Morgan fingerprint density at radius 2 is 2.06 bits per heavy atom. The maximum Gasteiger partial charge on any atom is 0.233 e. The van der Waals surface area contributed by atoms with Crippen molar-refractivity contribution in [1.82, 2.24) is 5.32 Å². The van der Waals surface area contributed by atoms with Crippen LogP contribution in [0.1, 0.15) is 12.5 Å². The normalized spacial score (nSPS) is 14.1. The van der Waals surface area contributed by atoms with Crippen LogP contribution in [0.5, 0.6) is 0 Å². The molecule has 0 aliphatic rings. The summed E-state index contributed by atoms with van der Waals surface area (Å²) in [6, 6.07) is 9.95. The Kier molecular flexibility index (Phi) is 6.52. The topological polar surface area (TPSA) is 29.1 Å². The van der Waals surface area contributed by atoms with Crippen LogP contribution in [-0.4, -0.2) is 29.2 Å². The number of benzene rings is 1. The number of hydrogen-bond donors (Lipinski definition) is 2. The molecule has 0 aliphatic heterocycles. The van der Waals surface area contributed by atoms with Crippen LogP contribution < -0.4 is 5.32 Å². The van der Waals surface area contributed by atoms with Gasteiger partial charge >= 0.3 is 0 Å². The van der Waals surface area contributed by atoms with Gasteiger partial charge < -0.3 is 5.32 Å². The fraction of sp³-hybridized carbons (Fsp3) is 0.462. The Morgan fingerprint density at radius 1 is 1.41 bits per heavy atom. The van der Waals surface area contributed by atoms with Gasteiger partial charge in [-0.3, -0.25) is 4.79 Å². The molecule has 0 saturated heterocycles. The van der Waals surface area contributed by atoms with Crippen LogP contribution in [0.4, 0.5) is 0 Å². The lowest BCUT2D eigenvalue weighted by Gasteiger charge is -2.14. The fourth-order valence-corrected chi connectivity index (χ4v) is 1.93. The van der Waals surface area contributed by atoms with Crippen LogP contribution in [-0.2, 0) is 11.2 Å². The molecule has 1 amide bonds. The van der Waals surface area contributed by atoms with E-state index in [0.717, 1.165) is 5.56 Å². The zero-order valence-corrected chi connectivity index (χ0v) is 11.9. The number of rotatable bonds is 6. The molecule has 1 aromatic rings. The fourth-order valence-electron chi connectivity index (χ4n) is 1.38. The lowest BCUT2D eigenvalue weighted by atomic mass is 10.1. The number of hydrogen-bond acceptors (Lipinski definition) is 3. The quantitative estimate of drug-likeness (QED) is 0.777. The zero-order chi connectivity index (χ0) is 12.7. The SMILES string of the molecule is CSC(C)CNC(=O)C(S)Cc1ccccc1. The van der Waals surface area contributed by atoms with E-state index in [0.29, 0.717) is 18.2 Å². The monoisotopic (exact) mass is 269 g/mol. The Hall–Kier alpha value is -0.610. The van der Waals surface area contributed by atoms with Crippen LogP contribution in [0, 0.1) is 0 Å². The molecule has 0 aromatic heterocycles. The number of carbonyl (C=O) groups is 1. The van der Waals surface area contributed by atoms with Crippen molar-refractivity contribution < 1.29 is 4.79 Å². The molecule has 0 bridgehead atoms. The van der Waals surface area contributed by atoms with Crippen molar-refractivity contribution in [2.45, 2.75) is 23.8 Å². The third kappa shape index (κ3) is 5.50. The molecule has 0 heterocycles. The first-order valence-corrected chi connectivity index (χ1v) is 7.46. The highest BCUT2D eigenvalue weighted by molar-refractivity contribution is 7.99. The summed E-state index contributed by atoms with van der Waals surface area (Å²) in [6.45, 7) is 2.79. The van der Waals surface area contributed by atoms with E-state index in [1.54, 1.807) is 11.8 Å². The number of thiol groups is 1. The van der Waals surface area contributed by atoms with Crippen molar-refractivity contribution in [3.63, 3.8) is 0 Å². The molecular formula is C13H19NOS2. The number of nitrogens with one attached hydrogen (secondary N) is 1. The molecule has 4 heteroatoms. The Bertz CT molecular complexity index is 343. The molecular weight excluding hydrogens is 250 g/mol. The molecule has 0 fully saturated rings. The summed E-state index contributed by atoms with van der Waals surface area (Å²) in [5, 5.41) is 3.09. The minimum atomic E-state index is -0.272. The average molecular weight is 269 g/mol. The van der Waals surface area contributed by atoms with E-state index < -0.39 is 0 Å². The third-order valence-corrected chi connectivity index (χ3v) is 3.93. The Morgan fingerprint density at radius 3 is 2.65 bits per heavy atom. The van der Waals surface area contributed by atoms with Crippen LogP contribution in [0.2, 0.25) is 0 Å². The molecule has 17 heavy (non-hydrogen) atoms. The summed E-state index contributed by atoms with van der Waals surface area (Å²) >= 11 is 6.09. The van der Waals surface area contributed by atoms with Gasteiger partial charge in [-0.2, -0.15) is 24.4 Å². The lowest BCUT2D eigenvalue weighted by Crippen LogP contribution is -2.36. The van der Waals surface area contributed by atoms with E-state index in [9.17, 15) is 4.79 Å². The van der Waals surface area contributed by atoms with E-state index >= 15 is 0 Å². The second-order valence-corrected chi connectivity index (χ2v) is 5.90. The molecule has 0 radical (unpaired) electrons. The Labute approximate surface area is 113 Å². The van der Waals surface area contributed by atoms with Crippen molar-refractivity contribution in [2.24, 2.45) is 0 Å². The van der Waals surface area contributed by atoms with Gasteiger partial charge in [0.15, 0.2) is 0 Å². The molecule has 1 aromatic carbocycles. The number of thioether (sulfide) groups is 1. The molecule has 0 saturated carbocycles. The average Bonchev–Trinajstić information content (AvgIpc) is 2.36. The van der Waals surface area contributed by atoms with Crippen LogP contribution in [0.3, 0.4) is 0 Å². The van der Waals surface area contributed by atoms with Gasteiger partial charge in [0.25, 0.3) is 0 Å². The van der Waals surface area contributed by atoms with E-state index in [4.69, 9.17) is 0 Å². The van der Waals surface area contributed by atoms with E-state index in [1.165, 1.54) is 0 Å². The number of amides is 1. The minimum absolute atomic E-state index is 0.0121. The summed E-state index contributed by atoms with van der Waals surface area (Å²) in [7, 11) is 0. The van der Waals surface area contributed by atoms with Crippen LogP contribution >= 0.6 is 24.4 Å². The number of carbonyl (C=O) groups excluding carboxylic acids is 1. The van der Waals surface area contributed by atoms with Gasteiger partial charge in [0.05, 0.1) is 5.25 Å². The first kappa shape index (κ1) is 14.5. The molecule has 2 unspecified atom stereocenters. The first-order chi connectivity index (χ1) is 8.13. The van der Waals surface area contributed by atoms with Crippen LogP contribution in [0.15, 0.2) is 30.3 Å². The predicted molar refractivity (Wildman–Crippen MR) is 78.9 cm³/mol. The molecule has 2 atom stereocenters. The van der Waals surface area contributed by atoms with E-state index in [-0.39, 0.29) is 11.2 Å². The van der Waals surface area contributed by atoms with Gasteiger partial charge in [0, 0.05) is 11.8 Å². The van der Waals surface area contributed by atoms with Gasteiger partial charge in [-0.15, -0.1) is 0 Å². The second-order valence-electron chi connectivity index (χ2n) is 4.00. The van der Waals surface area contributed by atoms with Gasteiger partial charge in [-0.1, -0.05) is 37.3 Å². The second kappa shape index (κ2) is 7.67. The largest absolute Gasteiger partial charge is 0.354 e. The minimum Gasteiger partial charge on any atom is -0.354 e. The van der Waals surface area contributed by atoms with Crippen molar-refractivity contribution in [3.05, 3.63) is 35.9 Å². The maximum absolute atomic E-state index is 11.8. The molecule has 2 nitrogen and oxygen atoms in total. The zero-order valence-electron chi connectivity index (χ0n) is 10.2. The highest BCUT2D eigenvalue weighted by atomic mass is 32.2. The predicted octanol–water partition coefficient (Wildman–Crippen LogP) is 2.40. The van der Waals surface area contributed by atoms with E-state index in [1.807, 2.05) is 36.6 Å². The van der Waals surface area contributed by atoms with Crippen molar-refractivity contribution in [2.75, 3.05) is 12.8 Å². The molecule has 1 rings (SSSR count). The molecule has 0 aliphatic carbocycles. The standard InChI is InChI=1S/C13H19NOS2/c1-10(17-2)9-14-13(15)12(16)8-11-6-4-3-5-7-11/h3-7,10,12,16H,8-9H2,1-2H3,(H,14,15). The van der Waals surface area contributed by atoms with Gasteiger partial charge in [0.2, 0.25) is 5.91 Å². The van der Waals surface area contributed by atoms with Gasteiger partial charge in [0.1, 0.15) is 0 Å². The Balaban J connectivity index is 2.37. The summed E-state index contributed by atoms with van der Waals surface area (Å²) in [4.78, 5) is 11.8. The van der Waals surface area contributed by atoms with Gasteiger partial charge in [-0.25, -0.2) is 0 Å². The third-order valence-electron chi connectivity index (χ3n) is 2.54. The molecule has 94 valence electrons. The van der Waals surface area contributed by atoms with Gasteiger partial charge in [-0.05, 0) is 18.2 Å². The first-order valence-electron chi connectivity index (χ1n) is 5.66. The van der Waals surface area contributed by atoms with Crippen molar-refractivity contribution in [1.29, 1.82) is 0 Å². The summed E-state index contributed by atoms with van der Waals surface area (Å²) in [5.74, 6) is 0.0121. The maximum atomic E-state index is 11.8. The van der Waals surface area contributed by atoms with E-state index in [2.05, 4.69) is 24.9 Å². The highest BCUT2D eigenvalue weighted by Crippen LogP contribution is 2.08. The highest BCUT2D eigenvalue weighted by Gasteiger charge is 2.14. The summed E-state index contributed by atoms with van der Waals surface area (Å²) < 4.78 is 0. The van der Waals surface area contributed by atoms with Crippen LogP contribution in [0.25, 0.3) is 0 Å². The molecule has 0 spiro atoms. The van der Waals surface area contributed by atoms with Crippen molar-refractivity contribution >= 4 is 30.3 Å². The summed E-state index contributed by atoms with van der Waals surface area (Å²) in [6.07, 6.45) is 2.71. The molecule has 1 N–H and O–H groups in total.